The first-order valence-corrected chi connectivity index (χ1v) is 2.94. The predicted octanol–water partition coefficient (Wildman–Crippen LogP) is 0.211. The van der Waals surface area contributed by atoms with Gasteiger partial charge < -0.3 is 9.64 Å². The van der Waals surface area contributed by atoms with Gasteiger partial charge in [0.15, 0.2) is 0 Å². The predicted molar refractivity (Wildman–Crippen MR) is 32.8 cm³/mol. The Labute approximate surface area is 54.6 Å². The van der Waals surface area contributed by atoms with Crippen LogP contribution in [0.15, 0.2) is 0 Å². The van der Waals surface area contributed by atoms with Gasteiger partial charge in [0, 0.05) is 7.05 Å². The molecule has 0 aliphatic carbocycles. The second-order valence-corrected chi connectivity index (χ2v) is 2.69. The third-order valence-corrected chi connectivity index (χ3v) is 1.73. The summed E-state index contributed by atoms with van der Waals surface area (Å²) >= 11 is 0. The highest BCUT2D eigenvalue weighted by atomic mass is 16.5. The topological polar surface area (TPSA) is 29.5 Å². The van der Waals surface area contributed by atoms with Gasteiger partial charge in [0.1, 0.15) is 12.3 Å². The molecule has 1 saturated heterocycles. The van der Waals surface area contributed by atoms with Crippen LogP contribution in [0.1, 0.15) is 13.8 Å². The quantitative estimate of drug-likeness (QED) is 0.468. The van der Waals surface area contributed by atoms with Gasteiger partial charge in [0.25, 0.3) is 5.91 Å². The first-order valence-electron chi connectivity index (χ1n) is 2.94. The normalized spacial score (nSPS) is 25.2. The monoisotopic (exact) mass is 129 g/mol. The summed E-state index contributed by atoms with van der Waals surface area (Å²) in [5.74, 6) is 0.0556. The lowest BCUT2D eigenvalue weighted by Gasteiger charge is -2.25. The van der Waals surface area contributed by atoms with E-state index in [4.69, 9.17) is 4.74 Å². The third kappa shape index (κ3) is 0.920. The lowest BCUT2D eigenvalue weighted by atomic mass is 10.3. The summed E-state index contributed by atoms with van der Waals surface area (Å²) in [6.07, 6.45) is 0. The molecular weight excluding hydrogens is 118 g/mol. The van der Waals surface area contributed by atoms with Crippen molar-refractivity contribution in [3.8, 4) is 0 Å². The molecule has 0 aromatic carbocycles. The molecule has 0 aromatic heterocycles. The molecule has 1 aliphatic heterocycles. The smallest absolute Gasteiger partial charge is 0.250 e. The van der Waals surface area contributed by atoms with E-state index in [1.165, 1.54) is 0 Å². The van der Waals surface area contributed by atoms with Gasteiger partial charge in [-0.1, -0.05) is 0 Å². The van der Waals surface area contributed by atoms with E-state index in [-0.39, 0.29) is 12.5 Å². The second kappa shape index (κ2) is 1.70. The maximum Gasteiger partial charge on any atom is 0.250 e. The van der Waals surface area contributed by atoms with E-state index in [0.29, 0.717) is 0 Å². The number of amides is 1. The Hall–Kier alpha value is -0.570. The molecule has 0 saturated carbocycles. The molecule has 52 valence electrons. The number of ether oxygens (including phenoxy) is 1. The minimum Gasteiger partial charge on any atom is -0.346 e. The molecular formula is C6H11NO2. The number of rotatable bonds is 0. The van der Waals surface area contributed by atoms with Crippen LogP contribution < -0.4 is 0 Å². The van der Waals surface area contributed by atoms with Gasteiger partial charge in [-0.15, -0.1) is 0 Å². The van der Waals surface area contributed by atoms with Crippen molar-refractivity contribution in [3.63, 3.8) is 0 Å². The molecule has 1 heterocycles. The average Bonchev–Trinajstić information content (AvgIpc) is 1.97. The molecule has 1 aliphatic rings. The van der Waals surface area contributed by atoms with Gasteiger partial charge in [0.2, 0.25) is 0 Å². The molecule has 1 rings (SSSR count). The van der Waals surface area contributed by atoms with Gasteiger partial charge >= 0.3 is 0 Å². The summed E-state index contributed by atoms with van der Waals surface area (Å²) in [5.41, 5.74) is -0.392. The number of likely N-dealkylation sites (N-methyl/N-ethyl adjacent to an activating group) is 1. The lowest BCUT2D eigenvalue weighted by Crippen LogP contribution is -2.38. The fourth-order valence-electron chi connectivity index (χ4n) is 0.732. The minimum absolute atomic E-state index is 0.0556. The van der Waals surface area contributed by atoms with Crippen LogP contribution in [-0.2, 0) is 9.53 Å². The largest absolute Gasteiger partial charge is 0.346 e. The van der Waals surface area contributed by atoms with E-state index >= 15 is 0 Å². The molecule has 1 amide bonds. The van der Waals surface area contributed by atoms with Crippen molar-refractivity contribution in [1.82, 2.24) is 4.90 Å². The summed E-state index contributed by atoms with van der Waals surface area (Å²) in [6, 6.07) is 0. The van der Waals surface area contributed by atoms with Crippen LogP contribution in [0.5, 0.6) is 0 Å². The van der Waals surface area contributed by atoms with Crippen molar-refractivity contribution < 1.29 is 9.53 Å². The van der Waals surface area contributed by atoms with E-state index < -0.39 is 5.72 Å². The average molecular weight is 129 g/mol. The fraction of sp³-hybridized carbons (Fsp3) is 0.833. The molecule has 0 spiro atoms. The molecule has 0 atom stereocenters. The SMILES string of the molecule is CN1C(=O)COC1(C)C. The first-order chi connectivity index (χ1) is 4.04. The zero-order valence-electron chi connectivity index (χ0n) is 5.97. The Morgan fingerprint density at radius 3 is 2.33 bits per heavy atom. The maximum atomic E-state index is 10.8. The van der Waals surface area contributed by atoms with Crippen LogP contribution in [0.3, 0.4) is 0 Å². The summed E-state index contributed by atoms with van der Waals surface area (Å²) < 4.78 is 5.14. The van der Waals surface area contributed by atoms with E-state index in [1.807, 2.05) is 13.8 Å². The van der Waals surface area contributed by atoms with E-state index in [2.05, 4.69) is 0 Å². The van der Waals surface area contributed by atoms with Crippen molar-refractivity contribution in [1.29, 1.82) is 0 Å². The molecule has 1 fully saturated rings. The Morgan fingerprint density at radius 1 is 1.67 bits per heavy atom. The van der Waals surface area contributed by atoms with Crippen molar-refractivity contribution in [3.05, 3.63) is 0 Å². The number of carbonyl (C=O) groups excluding carboxylic acids is 1. The molecule has 0 N–H and O–H groups in total. The fourth-order valence-corrected chi connectivity index (χ4v) is 0.732. The van der Waals surface area contributed by atoms with Gasteiger partial charge in [0.05, 0.1) is 0 Å². The standard InChI is InChI=1S/C6H11NO2/c1-6(2)7(3)5(8)4-9-6/h4H2,1-3H3. The van der Waals surface area contributed by atoms with Crippen molar-refractivity contribution >= 4 is 5.91 Å². The van der Waals surface area contributed by atoms with Gasteiger partial charge in [-0.3, -0.25) is 4.79 Å². The van der Waals surface area contributed by atoms with E-state index in [1.54, 1.807) is 11.9 Å². The molecule has 0 aromatic rings. The summed E-state index contributed by atoms with van der Waals surface area (Å²) in [6.45, 7) is 3.97. The van der Waals surface area contributed by atoms with Crippen molar-refractivity contribution in [2.45, 2.75) is 19.6 Å². The van der Waals surface area contributed by atoms with Crippen LogP contribution in [0.25, 0.3) is 0 Å². The summed E-state index contributed by atoms with van der Waals surface area (Å²) in [4.78, 5) is 12.4. The van der Waals surface area contributed by atoms with Gasteiger partial charge in [-0.25, -0.2) is 0 Å². The Balaban J connectivity index is 2.73. The number of nitrogens with zero attached hydrogens (tertiary/aromatic N) is 1. The van der Waals surface area contributed by atoms with Crippen LogP contribution in [0, 0.1) is 0 Å². The zero-order valence-corrected chi connectivity index (χ0v) is 5.97. The summed E-state index contributed by atoms with van der Waals surface area (Å²) in [7, 11) is 1.75. The minimum atomic E-state index is -0.392. The zero-order chi connectivity index (χ0) is 7.07. The third-order valence-electron chi connectivity index (χ3n) is 1.73. The van der Waals surface area contributed by atoms with Crippen molar-refractivity contribution in [2.24, 2.45) is 0 Å². The summed E-state index contributed by atoms with van der Waals surface area (Å²) in [5, 5.41) is 0. The van der Waals surface area contributed by atoms with Crippen LogP contribution in [0.4, 0.5) is 0 Å². The first kappa shape index (κ1) is 6.55. The molecule has 0 unspecified atom stereocenters. The molecule has 0 radical (unpaired) electrons. The van der Waals surface area contributed by atoms with Gasteiger partial charge in [-0.2, -0.15) is 0 Å². The van der Waals surface area contributed by atoms with Crippen LogP contribution in [-0.4, -0.2) is 30.2 Å². The Bertz CT molecular complexity index is 142. The van der Waals surface area contributed by atoms with E-state index in [0.717, 1.165) is 0 Å². The molecule has 3 nitrogen and oxygen atoms in total. The van der Waals surface area contributed by atoms with E-state index in [9.17, 15) is 4.79 Å². The Kier molecular flexibility index (Phi) is 1.24. The van der Waals surface area contributed by atoms with Crippen LogP contribution in [0.2, 0.25) is 0 Å². The highest BCUT2D eigenvalue weighted by Crippen LogP contribution is 2.19. The molecule has 9 heavy (non-hydrogen) atoms. The van der Waals surface area contributed by atoms with Gasteiger partial charge in [-0.05, 0) is 13.8 Å². The highest BCUT2D eigenvalue weighted by Gasteiger charge is 2.35. The molecule has 3 heteroatoms. The van der Waals surface area contributed by atoms with Crippen LogP contribution >= 0.6 is 0 Å². The number of hydrogen-bond acceptors (Lipinski definition) is 2. The second-order valence-electron chi connectivity index (χ2n) is 2.69. The molecule has 0 bridgehead atoms. The number of carbonyl (C=O) groups is 1. The maximum absolute atomic E-state index is 10.8. The van der Waals surface area contributed by atoms with Crippen molar-refractivity contribution in [2.75, 3.05) is 13.7 Å². The highest BCUT2D eigenvalue weighted by molar-refractivity contribution is 5.79. The Morgan fingerprint density at radius 2 is 2.22 bits per heavy atom. The number of hydrogen-bond donors (Lipinski definition) is 0. The lowest BCUT2D eigenvalue weighted by molar-refractivity contribution is -0.128.